The first-order valence-electron chi connectivity index (χ1n) is 5.17. The molecule has 0 heterocycles. The fourth-order valence-electron chi connectivity index (χ4n) is 1.63. The van der Waals surface area contributed by atoms with Crippen LogP contribution in [0.3, 0.4) is 0 Å². The molecule has 0 aromatic rings. The summed E-state index contributed by atoms with van der Waals surface area (Å²) >= 11 is 0. The average molecular weight is 200 g/mol. The number of hydrogen-bond donors (Lipinski definition) is 0. The second-order valence-electron chi connectivity index (χ2n) is 3.66. The van der Waals surface area contributed by atoms with E-state index in [9.17, 15) is 9.59 Å². The molecule has 0 aromatic heterocycles. The van der Waals surface area contributed by atoms with Gasteiger partial charge in [0.25, 0.3) is 0 Å². The van der Waals surface area contributed by atoms with Crippen molar-refractivity contribution in [2.24, 2.45) is 5.41 Å². The van der Waals surface area contributed by atoms with Gasteiger partial charge in [-0.05, 0) is 19.3 Å². The topological polar surface area (TPSA) is 43.4 Å². The van der Waals surface area contributed by atoms with Gasteiger partial charge in [-0.1, -0.05) is 20.3 Å². The minimum Gasteiger partial charge on any atom is -0.469 e. The summed E-state index contributed by atoms with van der Waals surface area (Å²) in [4.78, 5) is 22.0. The highest BCUT2D eigenvalue weighted by molar-refractivity contribution is 5.70. The second-order valence-corrected chi connectivity index (χ2v) is 3.66. The van der Waals surface area contributed by atoms with E-state index in [-0.39, 0.29) is 11.4 Å². The predicted molar refractivity (Wildman–Crippen MR) is 54.9 cm³/mol. The molecule has 0 bridgehead atoms. The average Bonchev–Trinajstić information content (AvgIpc) is 2.24. The molecule has 0 amide bonds. The molecular weight excluding hydrogens is 180 g/mol. The summed E-state index contributed by atoms with van der Waals surface area (Å²) in [6, 6.07) is 0. The van der Waals surface area contributed by atoms with Gasteiger partial charge >= 0.3 is 5.97 Å². The maximum absolute atomic E-state index is 11.0. The van der Waals surface area contributed by atoms with Crippen molar-refractivity contribution in [2.45, 2.75) is 46.0 Å². The standard InChI is InChI=1S/C11H20O3/c1-4-7-11(5-2,9-12)8-6-10(13)14-3/h9H,4-8H2,1-3H3. The van der Waals surface area contributed by atoms with Crippen LogP contribution in [0.4, 0.5) is 0 Å². The lowest BCUT2D eigenvalue weighted by Gasteiger charge is -2.25. The summed E-state index contributed by atoms with van der Waals surface area (Å²) in [6.45, 7) is 4.04. The number of ether oxygens (including phenoxy) is 1. The van der Waals surface area contributed by atoms with Gasteiger partial charge in [0.2, 0.25) is 0 Å². The van der Waals surface area contributed by atoms with E-state index in [0.29, 0.717) is 12.8 Å². The van der Waals surface area contributed by atoms with Crippen molar-refractivity contribution < 1.29 is 14.3 Å². The Balaban J connectivity index is 4.20. The summed E-state index contributed by atoms with van der Waals surface area (Å²) in [6.07, 6.45) is 4.55. The predicted octanol–water partition coefficient (Wildman–Crippen LogP) is 2.33. The van der Waals surface area contributed by atoms with Crippen LogP contribution in [0.2, 0.25) is 0 Å². The first kappa shape index (κ1) is 13.1. The van der Waals surface area contributed by atoms with E-state index in [0.717, 1.165) is 25.5 Å². The van der Waals surface area contributed by atoms with Crippen molar-refractivity contribution in [1.29, 1.82) is 0 Å². The number of carbonyl (C=O) groups is 2. The van der Waals surface area contributed by atoms with Crippen molar-refractivity contribution >= 4 is 12.3 Å². The van der Waals surface area contributed by atoms with Crippen LogP contribution in [0.1, 0.15) is 46.0 Å². The molecule has 1 unspecified atom stereocenters. The molecule has 0 aliphatic heterocycles. The monoisotopic (exact) mass is 200 g/mol. The van der Waals surface area contributed by atoms with Crippen LogP contribution in [0.25, 0.3) is 0 Å². The third-order valence-corrected chi connectivity index (χ3v) is 2.76. The van der Waals surface area contributed by atoms with Crippen molar-refractivity contribution in [2.75, 3.05) is 7.11 Å². The summed E-state index contributed by atoms with van der Waals surface area (Å²) < 4.78 is 4.56. The lowest BCUT2D eigenvalue weighted by molar-refractivity contribution is -0.141. The van der Waals surface area contributed by atoms with Crippen molar-refractivity contribution in [3.63, 3.8) is 0 Å². The zero-order valence-electron chi connectivity index (χ0n) is 9.34. The number of hydrogen-bond acceptors (Lipinski definition) is 3. The molecule has 0 radical (unpaired) electrons. The van der Waals surface area contributed by atoms with Gasteiger partial charge in [-0.2, -0.15) is 0 Å². The van der Waals surface area contributed by atoms with Gasteiger partial charge in [0.15, 0.2) is 0 Å². The van der Waals surface area contributed by atoms with Crippen LogP contribution in [0, 0.1) is 5.41 Å². The Morgan fingerprint density at radius 2 is 2.00 bits per heavy atom. The molecule has 14 heavy (non-hydrogen) atoms. The molecule has 0 saturated carbocycles. The maximum Gasteiger partial charge on any atom is 0.305 e. The quantitative estimate of drug-likeness (QED) is 0.468. The largest absolute Gasteiger partial charge is 0.469 e. The van der Waals surface area contributed by atoms with Gasteiger partial charge in [-0.25, -0.2) is 0 Å². The van der Waals surface area contributed by atoms with Crippen LogP contribution in [-0.2, 0) is 14.3 Å². The number of methoxy groups -OCH3 is 1. The molecule has 82 valence electrons. The molecule has 0 spiro atoms. The van der Waals surface area contributed by atoms with Crippen molar-refractivity contribution in [1.82, 2.24) is 0 Å². The Hall–Kier alpha value is -0.860. The van der Waals surface area contributed by atoms with Gasteiger partial charge in [0.1, 0.15) is 6.29 Å². The Labute approximate surface area is 85.8 Å². The van der Waals surface area contributed by atoms with Crippen LogP contribution in [-0.4, -0.2) is 19.4 Å². The zero-order chi connectivity index (χ0) is 11.0. The van der Waals surface area contributed by atoms with E-state index in [2.05, 4.69) is 4.74 Å². The van der Waals surface area contributed by atoms with Gasteiger partial charge in [0.05, 0.1) is 7.11 Å². The molecule has 3 heteroatoms. The first-order chi connectivity index (χ1) is 6.64. The van der Waals surface area contributed by atoms with Gasteiger partial charge in [-0.15, -0.1) is 0 Å². The number of aldehydes is 1. The van der Waals surface area contributed by atoms with Crippen LogP contribution in [0.5, 0.6) is 0 Å². The molecule has 0 aliphatic carbocycles. The minimum atomic E-state index is -0.317. The fraction of sp³-hybridized carbons (Fsp3) is 0.818. The normalized spacial score (nSPS) is 14.5. The summed E-state index contributed by atoms with van der Waals surface area (Å²) in [5.41, 5.74) is -0.317. The molecule has 0 fully saturated rings. The fourth-order valence-corrected chi connectivity index (χ4v) is 1.63. The van der Waals surface area contributed by atoms with E-state index >= 15 is 0 Å². The van der Waals surface area contributed by atoms with Crippen molar-refractivity contribution in [3.05, 3.63) is 0 Å². The third-order valence-electron chi connectivity index (χ3n) is 2.76. The van der Waals surface area contributed by atoms with Crippen molar-refractivity contribution in [3.8, 4) is 0 Å². The molecular formula is C11H20O3. The lowest BCUT2D eigenvalue weighted by Crippen LogP contribution is -2.23. The highest BCUT2D eigenvalue weighted by Crippen LogP contribution is 2.31. The maximum atomic E-state index is 11.0. The van der Waals surface area contributed by atoms with E-state index in [4.69, 9.17) is 0 Å². The molecule has 0 saturated heterocycles. The lowest BCUT2D eigenvalue weighted by atomic mass is 9.78. The zero-order valence-corrected chi connectivity index (χ0v) is 9.34. The minimum absolute atomic E-state index is 0.235. The summed E-state index contributed by atoms with van der Waals surface area (Å²) in [7, 11) is 1.37. The summed E-state index contributed by atoms with van der Waals surface area (Å²) in [5, 5.41) is 0. The molecule has 0 N–H and O–H groups in total. The molecule has 1 atom stereocenters. The van der Waals surface area contributed by atoms with Crippen LogP contribution >= 0.6 is 0 Å². The Kier molecular flexibility index (Phi) is 6.17. The van der Waals surface area contributed by atoms with Gasteiger partial charge < -0.3 is 9.53 Å². The van der Waals surface area contributed by atoms with E-state index in [1.54, 1.807) is 0 Å². The van der Waals surface area contributed by atoms with E-state index < -0.39 is 0 Å². The molecule has 0 aliphatic rings. The first-order valence-corrected chi connectivity index (χ1v) is 5.17. The van der Waals surface area contributed by atoms with Crippen LogP contribution in [0.15, 0.2) is 0 Å². The molecule has 0 aromatic carbocycles. The summed E-state index contributed by atoms with van der Waals surface area (Å²) in [5.74, 6) is -0.235. The smallest absolute Gasteiger partial charge is 0.305 e. The van der Waals surface area contributed by atoms with E-state index in [1.165, 1.54) is 7.11 Å². The third kappa shape index (κ3) is 3.90. The Bertz CT molecular complexity index is 189. The number of rotatable bonds is 7. The van der Waals surface area contributed by atoms with Gasteiger partial charge in [-0.3, -0.25) is 4.79 Å². The highest BCUT2D eigenvalue weighted by Gasteiger charge is 2.27. The number of esters is 1. The second kappa shape index (κ2) is 6.57. The van der Waals surface area contributed by atoms with E-state index in [1.807, 2.05) is 13.8 Å². The van der Waals surface area contributed by atoms with Gasteiger partial charge in [0, 0.05) is 11.8 Å². The highest BCUT2D eigenvalue weighted by atomic mass is 16.5. The molecule has 0 rings (SSSR count). The molecule has 3 nitrogen and oxygen atoms in total. The Morgan fingerprint density at radius 3 is 2.36 bits per heavy atom. The Morgan fingerprint density at radius 1 is 1.36 bits per heavy atom. The SMILES string of the molecule is CCCC(C=O)(CC)CCC(=O)OC. The van der Waals surface area contributed by atoms with Crippen LogP contribution < -0.4 is 0 Å². The number of carbonyl (C=O) groups excluding carboxylic acids is 2.